The van der Waals surface area contributed by atoms with E-state index < -0.39 is 0 Å². The van der Waals surface area contributed by atoms with Gasteiger partial charge in [-0.1, -0.05) is 12.8 Å². The SMILES string of the molecule is CC(N)c1nc(C2CCCC2)co1. The van der Waals surface area contributed by atoms with Crippen LogP contribution in [0.5, 0.6) is 0 Å². The Labute approximate surface area is 78.3 Å². The Morgan fingerprint density at radius 3 is 2.77 bits per heavy atom. The molecule has 1 unspecified atom stereocenters. The van der Waals surface area contributed by atoms with Gasteiger partial charge in [0, 0.05) is 5.92 Å². The molecule has 2 N–H and O–H groups in total. The second-order valence-electron chi connectivity index (χ2n) is 3.88. The van der Waals surface area contributed by atoms with Crippen molar-refractivity contribution in [3.05, 3.63) is 17.8 Å². The van der Waals surface area contributed by atoms with E-state index in [-0.39, 0.29) is 6.04 Å². The first-order valence-corrected chi connectivity index (χ1v) is 4.98. The number of nitrogens with zero attached hydrogens (tertiary/aromatic N) is 1. The van der Waals surface area contributed by atoms with Gasteiger partial charge in [-0.3, -0.25) is 0 Å². The van der Waals surface area contributed by atoms with Crippen LogP contribution in [0.4, 0.5) is 0 Å². The third-order valence-electron chi connectivity index (χ3n) is 2.70. The van der Waals surface area contributed by atoms with Crippen molar-refractivity contribution in [2.24, 2.45) is 5.73 Å². The molecule has 1 aliphatic rings. The first-order chi connectivity index (χ1) is 6.27. The number of aromatic nitrogens is 1. The molecule has 1 aromatic heterocycles. The van der Waals surface area contributed by atoms with Crippen molar-refractivity contribution in [3.63, 3.8) is 0 Å². The molecule has 2 rings (SSSR count). The normalized spacial score (nSPS) is 20.8. The smallest absolute Gasteiger partial charge is 0.210 e. The molecule has 1 aromatic rings. The fourth-order valence-corrected chi connectivity index (χ4v) is 1.92. The lowest BCUT2D eigenvalue weighted by Crippen LogP contribution is -2.05. The Balaban J connectivity index is 2.12. The Morgan fingerprint density at radius 1 is 1.54 bits per heavy atom. The molecule has 0 spiro atoms. The van der Waals surface area contributed by atoms with Gasteiger partial charge in [-0.2, -0.15) is 0 Å². The average Bonchev–Trinajstić information content (AvgIpc) is 2.75. The highest BCUT2D eigenvalue weighted by atomic mass is 16.3. The van der Waals surface area contributed by atoms with E-state index in [9.17, 15) is 0 Å². The summed E-state index contributed by atoms with van der Waals surface area (Å²) < 4.78 is 5.30. The van der Waals surface area contributed by atoms with Crippen LogP contribution in [0, 0.1) is 0 Å². The maximum atomic E-state index is 5.67. The molecule has 0 aromatic carbocycles. The zero-order chi connectivity index (χ0) is 9.26. The van der Waals surface area contributed by atoms with E-state index in [1.165, 1.54) is 25.7 Å². The molecule has 3 heteroatoms. The van der Waals surface area contributed by atoms with Crippen LogP contribution < -0.4 is 5.73 Å². The molecule has 1 aliphatic carbocycles. The van der Waals surface area contributed by atoms with Crippen LogP contribution in [0.15, 0.2) is 10.7 Å². The third-order valence-corrected chi connectivity index (χ3v) is 2.70. The van der Waals surface area contributed by atoms with Crippen molar-refractivity contribution in [2.75, 3.05) is 0 Å². The molecule has 1 atom stereocenters. The van der Waals surface area contributed by atoms with Crippen LogP contribution in [0.2, 0.25) is 0 Å². The molecule has 3 nitrogen and oxygen atoms in total. The summed E-state index contributed by atoms with van der Waals surface area (Å²) in [5.41, 5.74) is 6.77. The molecular formula is C10H16N2O. The van der Waals surface area contributed by atoms with Crippen molar-refractivity contribution in [3.8, 4) is 0 Å². The van der Waals surface area contributed by atoms with E-state index in [1.54, 1.807) is 6.26 Å². The fraction of sp³-hybridized carbons (Fsp3) is 0.700. The van der Waals surface area contributed by atoms with Crippen molar-refractivity contribution in [2.45, 2.75) is 44.6 Å². The highest BCUT2D eigenvalue weighted by molar-refractivity contribution is 5.07. The van der Waals surface area contributed by atoms with Crippen LogP contribution in [-0.2, 0) is 0 Å². The largest absolute Gasteiger partial charge is 0.447 e. The van der Waals surface area contributed by atoms with Gasteiger partial charge < -0.3 is 10.2 Å². The predicted molar refractivity (Wildman–Crippen MR) is 50.3 cm³/mol. The summed E-state index contributed by atoms with van der Waals surface area (Å²) in [4.78, 5) is 4.40. The number of nitrogens with two attached hydrogens (primary N) is 1. The van der Waals surface area contributed by atoms with Gasteiger partial charge in [0.1, 0.15) is 6.26 Å². The average molecular weight is 180 g/mol. The van der Waals surface area contributed by atoms with Crippen molar-refractivity contribution in [1.29, 1.82) is 0 Å². The molecule has 0 radical (unpaired) electrons. The quantitative estimate of drug-likeness (QED) is 0.760. The van der Waals surface area contributed by atoms with Crippen LogP contribution in [0.1, 0.15) is 56.2 Å². The Morgan fingerprint density at radius 2 is 2.23 bits per heavy atom. The zero-order valence-electron chi connectivity index (χ0n) is 7.99. The van der Waals surface area contributed by atoms with Gasteiger partial charge in [0.15, 0.2) is 0 Å². The number of oxazole rings is 1. The first-order valence-electron chi connectivity index (χ1n) is 4.98. The molecule has 1 fully saturated rings. The van der Waals surface area contributed by atoms with Crippen molar-refractivity contribution >= 4 is 0 Å². The zero-order valence-corrected chi connectivity index (χ0v) is 7.99. The van der Waals surface area contributed by atoms with Crippen LogP contribution in [0.25, 0.3) is 0 Å². The summed E-state index contributed by atoms with van der Waals surface area (Å²) in [7, 11) is 0. The van der Waals surface area contributed by atoms with Crippen LogP contribution >= 0.6 is 0 Å². The van der Waals surface area contributed by atoms with Crippen molar-refractivity contribution in [1.82, 2.24) is 4.98 Å². The van der Waals surface area contributed by atoms with Crippen LogP contribution in [-0.4, -0.2) is 4.98 Å². The lowest BCUT2D eigenvalue weighted by Gasteiger charge is -2.02. The Hall–Kier alpha value is -0.830. The van der Waals surface area contributed by atoms with E-state index >= 15 is 0 Å². The highest BCUT2D eigenvalue weighted by Crippen LogP contribution is 2.33. The lowest BCUT2D eigenvalue weighted by molar-refractivity contribution is 0.463. The van der Waals surface area contributed by atoms with Gasteiger partial charge in [-0.25, -0.2) is 4.98 Å². The molecular weight excluding hydrogens is 164 g/mol. The molecule has 0 saturated heterocycles. The lowest BCUT2D eigenvalue weighted by atomic mass is 10.1. The second-order valence-corrected chi connectivity index (χ2v) is 3.88. The molecule has 13 heavy (non-hydrogen) atoms. The molecule has 0 amide bonds. The highest BCUT2D eigenvalue weighted by Gasteiger charge is 2.21. The minimum absolute atomic E-state index is 0.0878. The summed E-state index contributed by atoms with van der Waals surface area (Å²) in [6.45, 7) is 1.89. The van der Waals surface area contributed by atoms with Crippen LogP contribution in [0.3, 0.4) is 0 Å². The van der Waals surface area contributed by atoms with Gasteiger partial charge >= 0.3 is 0 Å². The fourth-order valence-electron chi connectivity index (χ4n) is 1.92. The maximum absolute atomic E-state index is 5.67. The summed E-state index contributed by atoms with van der Waals surface area (Å²) in [5, 5.41) is 0. The van der Waals surface area contributed by atoms with E-state index in [0.717, 1.165) is 5.69 Å². The standard InChI is InChI=1S/C10H16N2O/c1-7(11)10-12-9(6-13-10)8-4-2-3-5-8/h6-8H,2-5,11H2,1H3. The third kappa shape index (κ3) is 1.75. The molecule has 1 saturated carbocycles. The van der Waals surface area contributed by atoms with E-state index in [2.05, 4.69) is 4.98 Å². The topological polar surface area (TPSA) is 52.0 Å². The van der Waals surface area contributed by atoms with Gasteiger partial charge in [0.05, 0.1) is 11.7 Å². The molecule has 72 valence electrons. The molecule has 1 heterocycles. The summed E-state index contributed by atoms with van der Waals surface area (Å²) >= 11 is 0. The van der Waals surface area contributed by atoms with Gasteiger partial charge in [0.2, 0.25) is 5.89 Å². The Bertz CT molecular complexity index is 274. The van der Waals surface area contributed by atoms with E-state index in [0.29, 0.717) is 11.8 Å². The Kier molecular flexibility index (Phi) is 2.36. The number of hydrogen-bond donors (Lipinski definition) is 1. The van der Waals surface area contributed by atoms with E-state index in [4.69, 9.17) is 10.2 Å². The second kappa shape index (κ2) is 3.50. The summed E-state index contributed by atoms with van der Waals surface area (Å²) in [6, 6.07) is -0.0878. The monoisotopic (exact) mass is 180 g/mol. The summed E-state index contributed by atoms with van der Waals surface area (Å²) in [5.74, 6) is 1.29. The van der Waals surface area contributed by atoms with Gasteiger partial charge in [-0.05, 0) is 19.8 Å². The number of hydrogen-bond acceptors (Lipinski definition) is 3. The van der Waals surface area contributed by atoms with Gasteiger partial charge in [0.25, 0.3) is 0 Å². The molecule has 0 bridgehead atoms. The maximum Gasteiger partial charge on any atom is 0.210 e. The minimum atomic E-state index is -0.0878. The molecule has 0 aliphatic heterocycles. The predicted octanol–water partition coefficient (Wildman–Crippen LogP) is 2.35. The minimum Gasteiger partial charge on any atom is -0.447 e. The first kappa shape index (κ1) is 8.75. The van der Waals surface area contributed by atoms with Gasteiger partial charge in [-0.15, -0.1) is 0 Å². The van der Waals surface area contributed by atoms with Crippen molar-refractivity contribution < 1.29 is 4.42 Å². The number of rotatable bonds is 2. The summed E-state index contributed by atoms with van der Waals surface area (Å²) in [6.07, 6.45) is 6.93. The van der Waals surface area contributed by atoms with E-state index in [1.807, 2.05) is 6.92 Å².